The van der Waals surface area contributed by atoms with Gasteiger partial charge < -0.3 is 9.64 Å². The van der Waals surface area contributed by atoms with Gasteiger partial charge in [-0.15, -0.1) is 0 Å². The van der Waals surface area contributed by atoms with Gasteiger partial charge in [-0.25, -0.2) is 0 Å². The number of ether oxygens (including phenoxy) is 1. The van der Waals surface area contributed by atoms with Crippen LogP contribution < -0.4 is 0 Å². The summed E-state index contributed by atoms with van der Waals surface area (Å²) < 4.78 is 5.25. The number of carbonyl (C=O) groups excluding carboxylic acids is 2. The lowest BCUT2D eigenvalue weighted by molar-refractivity contribution is -0.149. The minimum absolute atomic E-state index is 0.0874. The first kappa shape index (κ1) is 26.0. The summed E-state index contributed by atoms with van der Waals surface area (Å²) in [6.07, 6.45) is 23.4. The second-order valence-electron chi connectivity index (χ2n) is 8.99. The highest BCUT2D eigenvalue weighted by molar-refractivity contribution is 5.84. The molecule has 0 bridgehead atoms. The highest BCUT2D eigenvalue weighted by atomic mass is 16.5. The van der Waals surface area contributed by atoms with Gasteiger partial charge in [0.05, 0.1) is 6.61 Å². The zero-order chi connectivity index (χ0) is 21.2. The van der Waals surface area contributed by atoms with Crippen molar-refractivity contribution in [3.05, 3.63) is 0 Å². The van der Waals surface area contributed by atoms with Gasteiger partial charge in [0.1, 0.15) is 6.54 Å². The number of unbranched alkanes of at least 4 members (excludes halogenated alkanes) is 15. The Morgan fingerprint density at radius 2 is 1.14 bits per heavy atom. The molecule has 0 aromatic heterocycles. The predicted molar refractivity (Wildman–Crippen MR) is 121 cm³/mol. The highest BCUT2D eigenvalue weighted by Gasteiger charge is 2.32. The van der Waals surface area contributed by atoms with Gasteiger partial charge in [0, 0.05) is 13.0 Å². The molecule has 1 rings (SSSR count). The molecular weight excluding hydrogens is 362 g/mol. The molecule has 0 spiro atoms. The lowest BCUT2D eigenvalue weighted by Gasteiger charge is -2.15. The predicted octanol–water partition coefficient (Wildman–Crippen LogP) is 6.66. The van der Waals surface area contributed by atoms with Crippen molar-refractivity contribution >= 4 is 11.9 Å². The number of hydrogen-bond acceptors (Lipinski definition) is 3. The first-order valence-electron chi connectivity index (χ1n) is 12.6. The van der Waals surface area contributed by atoms with Crippen LogP contribution in [0.5, 0.6) is 0 Å². The van der Waals surface area contributed by atoms with E-state index in [4.69, 9.17) is 4.74 Å². The zero-order valence-electron chi connectivity index (χ0n) is 19.4. The third kappa shape index (κ3) is 15.4. The molecule has 1 fully saturated rings. The topological polar surface area (TPSA) is 46.6 Å². The number of amides is 1. The maximum absolute atomic E-state index is 11.8. The van der Waals surface area contributed by atoms with Crippen LogP contribution in [0.25, 0.3) is 0 Å². The van der Waals surface area contributed by atoms with E-state index in [1.807, 2.05) is 0 Å². The number of nitrogens with zero attached hydrogens (tertiary/aromatic N) is 1. The Labute approximate surface area is 180 Å². The molecule has 0 atom stereocenters. The van der Waals surface area contributed by atoms with E-state index in [0.29, 0.717) is 6.61 Å². The summed E-state index contributed by atoms with van der Waals surface area (Å²) in [5, 5.41) is 0. The number of likely N-dealkylation sites (N-methyl/N-ethyl adjacent to an activating group) is 1. The molecule has 1 aliphatic carbocycles. The average Bonchev–Trinajstić information content (AvgIpc) is 3.55. The van der Waals surface area contributed by atoms with Crippen molar-refractivity contribution in [2.45, 2.75) is 122 Å². The summed E-state index contributed by atoms with van der Waals surface area (Å²) in [5.74, 6) is -0.0278. The molecule has 29 heavy (non-hydrogen) atoms. The molecule has 170 valence electrons. The van der Waals surface area contributed by atoms with Gasteiger partial charge in [-0.05, 0) is 19.3 Å². The summed E-state index contributed by atoms with van der Waals surface area (Å²) in [6.45, 7) is 2.86. The molecule has 0 N–H and O–H groups in total. The molecule has 1 saturated carbocycles. The maximum atomic E-state index is 11.8. The summed E-state index contributed by atoms with van der Waals surface area (Å²) >= 11 is 0. The Kier molecular flexibility index (Phi) is 15.9. The number of hydrogen-bond donors (Lipinski definition) is 0. The van der Waals surface area contributed by atoms with Crippen molar-refractivity contribution in [1.82, 2.24) is 4.90 Å². The van der Waals surface area contributed by atoms with E-state index < -0.39 is 0 Å². The quantitative estimate of drug-likeness (QED) is 0.167. The fourth-order valence-electron chi connectivity index (χ4n) is 3.80. The largest absolute Gasteiger partial charge is 0.464 e. The lowest BCUT2D eigenvalue weighted by Crippen LogP contribution is -2.34. The van der Waals surface area contributed by atoms with Crippen molar-refractivity contribution in [2.24, 2.45) is 5.92 Å². The normalized spacial score (nSPS) is 13.4. The molecule has 1 amide bonds. The third-order valence-corrected chi connectivity index (χ3v) is 5.93. The van der Waals surface area contributed by atoms with Crippen molar-refractivity contribution < 1.29 is 14.3 Å². The van der Waals surface area contributed by atoms with Crippen LogP contribution in [0, 0.1) is 5.92 Å². The van der Waals surface area contributed by atoms with E-state index in [1.165, 1.54) is 94.8 Å². The Hall–Kier alpha value is -1.06. The standard InChI is InChI=1S/C25H47NO3/c1-3-4-5-6-7-8-9-10-11-12-13-14-15-16-17-18-21-29-24(27)22-26(2)25(28)23-19-20-23/h23H,3-22H2,1-2H3. The van der Waals surface area contributed by atoms with Crippen molar-refractivity contribution in [3.63, 3.8) is 0 Å². The van der Waals surface area contributed by atoms with E-state index in [0.717, 1.165) is 25.7 Å². The van der Waals surface area contributed by atoms with Crippen molar-refractivity contribution in [3.8, 4) is 0 Å². The van der Waals surface area contributed by atoms with Gasteiger partial charge in [-0.3, -0.25) is 9.59 Å². The fourth-order valence-corrected chi connectivity index (χ4v) is 3.80. The summed E-state index contributed by atoms with van der Waals surface area (Å²) in [5.41, 5.74) is 0. The number of rotatable bonds is 20. The summed E-state index contributed by atoms with van der Waals surface area (Å²) in [6, 6.07) is 0. The Balaban J connectivity index is 1.74. The smallest absolute Gasteiger partial charge is 0.325 e. The van der Waals surface area contributed by atoms with Crippen LogP contribution >= 0.6 is 0 Å². The third-order valence-electron chi connectivity index (χ3n) is 5.93. The van der Waals surface area contributed by atoms with Crippen LogP contribution in [0.2, 0.25) is 0 Å². The molecule has 4 nitrogen and oxygen atoms in total. The highest BCUT2D eigenvalue weighted by Crippen LogP contribution is 2.30. The van der Waals surface area contributed by atoms with Crippen LogP contribution in [-0.4, -0.2) is 37.0 Å². The Morgan fingerprint density at radius 3 is 1.55 bits per heavy atom. The molecule has 0 aliphatic heterocycles. The van der Waals surface area contributed by atoms with Gasteiger partial charge >= 0.3 is 5.97 Å². The van der Waals surface area contributed by atoms with Crippen molar-refractivity contribution in [2.75, 3.05) is 20.2 Å². The van der Waals surface area contributed by atoms with Gasteiger partial charge in [-0.2, -0.15) is 0 Å². The minimum atomic E-state index is -0.276. The van der Waals surface area contributed by atoms with Crippen LogP contribution in [-0.2, 0) is 14.3 Å². The van der Waals surface area contributed by atoms with Crippen LogP contribution in [0.4, 0.5) is 0 Å². The van der Waals surface area contributed by atoms with Crippen molar-refractivity contribution in [1.29, 1.82) is 0 Å². The Morgan fingerprint density at radius 1 is 0.724 bits per heavy atom. The molecule has 0 aromatic carbocycles. The van der Waals surface area contributed by atoms with E-state index in [2.05, 4.69) is 6.92 Å². The molecule has 0 aromatic rings. The monoisotopic (exact) mass is 409 g/mol. The van der Waals surface area contributed by atoms with E-state index in [9.17, 15) is 9.59 Å². The van der Waals surface area contributed by atoms with E-state index in [-0.39, 0.29) is 24.3 Å². The average molecular weight is 410 g/mol. The number of carbonyl (C=O) groups is 2. The lowest BCUT2D eigenvalue weighted by atomic mass is 10.0. The molecule has 0 unspecified atom stereocenters. The van der Waals surface area contributed by atoms with Gasteiger partial charge in [0.25, 0.3) is 0 Å². The molecule has 0 saturated heterocycles. The molecule has 0 heterocycles. The van der Waals surface area contributed by atoms with Gasteiger partial charge in [0.2, 0.25) is 5.91 Å². The molecule has 0 radical (unpaired) electrons. The van der Waals surface area contributed by atoms with Gasteiger partial charge in [-0.1, -0.05) is 103 Å². The number of esters is 1. The molecule has 1 aliphatic rings. The first-order valence-corrected chi connectivity index (χ1v) is 12.6. The second kappa shape index (κ2) is 17.8. The molecule has 4 heteroatoms. The minimum Gasteiger partial charge on any atom is -0.464 e. The Bertz CT molecular complexity index is 420. The second-order valence-corrected chi connectivity index (χ2v) is 8.99. The molecular formula is C25H47NO3. The van der Waals surface area contributed by atoms with Crippen LogP contribution in [0.1, 0.15) is 122 Å². The van der Waals surface area contributed by atoms with Gasteiger partial charge in [0.15, 0.2) is 0 Å². The SMILES string of the molecule is CCCCCCCCCCCCCCCCCCOC(=O)CN(C)C(=O)C1CC1. The van der Waals surface area contributed by atoms with Crippen LogP contribution in [0.3, 0.4) is 0 Å². The summed E-state index contributed by atoms with van der Waals surface area (Å²) in [7, 11) is 1.69. The maximum Gasteiger partial charge on any atom is 0.325 e. The summed E-state index contributed by atoms with van der Waals surface area (Å²) in [4.78, 5) is 25.0. The van der Waals surface area contributed by atoms with E-state index >= 15 is 0 Å². The zero-order valence-corrected chi connectivity index (χ0v) is 19.4. The fraction of sp³-hybridized carbons (Fsp3) is 0.920. The first-order chi connectivity index (χ1) is 14.1. The van der Waals surface area contributed by atoms with Crippen LogP contribution in [0.15, 0.2) is 0 Å². The van der Waals surface area contributed by atoms with E-state index in [1.54, 1.807) is 7.05 Å².